The number of nitrogens with two attached hydrogens (primary N) is 1. The Hall–Kier alpha value is -1.44. The summed E-state index contributed by atoms with van der Waals surface area (Å²) in [6.45, 7) is 0. The van der Waals surface area contributed by atoms with Crippen molar-refractivity contribution in [2.24, 2.45) is 5.73 Å². The monoisotopic (exact) mass is 333 g/mol. The van der Waals surface area contributed by atoms with Crippen LogP contribution in [0.3, 0.4) is 0 Å². The van der Waals surface area contributed by atoms with Crippen molar-refractivity contribution in [2.75, 3.05) is 0 Å². The summed E-state index contributed by atoms with van der Waals surface area (Å²) >= 11 is 6.04. The van der Waals surface area contributed by atoms with Crippen molar-refractivity contribution < 1.29 is 24.3 Å². The van der Waals surface area contributed by atoms with E-state index in [2.05, 4.69) is 4.98 Å². The Morgan fingerprint density at radius 2 is 2.14 bits per heavy atom. The quantitative estimate of drug-likeness (QED) is 0.593. The molecule has 0 radical (unpaired) electrons. The molecule has 1 aromatic carbocycles. The average molecular weight is 334 g/mol. The second-order valence-corrected chi connectivity index (χ2v) is 6.54. The molecule has 5 N–H and O–H groups in total. The van der Waals surface area contributed by atoms with Gasteiger partial charge in [0.2, 0.25) is 0 Å². The molecule has 8 nitrogen and oxygen atoms in total. The van der Waals surface area contributed by atoms with Gasteiger partial charge in [0, 0.05) is 6.42 Å². The molecule has 1 aromatic heterocycles. The first-order valence-corrected chi connectivity index (χ1v) is 8.03. The summed E-state index contributed by atoms with van der Waals surface area (Å²) < 4.78 is 12.5. The number of aromatic nitrogens is 2. The molecule has 0 aliphatic rings. The van der Waals surface area contributed by atoms with Gasteiger partial charge in [-0.05, 0) is 12.1 Å². The number of halogens is 1. The maximum absolute atomic E-state index is 11.3. The number of carbonyl (C=O) groups is 1. The van der Waals surface area contributed by atoms with Gasteiger partial charge in [-0.3, -0.25) is 9.36 Å². The number of benzene rings is 1. The van der Waals surface area contributed by atoms with Crippen LogP contribution in [0.15, 0.2) is 18.2 Å². The van der Waals surface area contributed by atoms with Crippen LogP contribution in [0.2, 0.25) is 5.02 Å². The van der Waals surface area contributed by atoms with E-state index in [1.165, 1.54) is 4.57 Å². The Kier molecular flexibility index (Phi) is 4.36. The van der Waals surface area contributed by atoms with E-state index < -0.39 is 25.9 Å². The lowest BCUT2D eigenvalue weighted by Crippen LogP contribution is -2.33. The molecule has 2 rings (SSSR count). The number of para-hydroxylation sites is 1. The van der Waals surface area contributed by atoms with Gasteiger partial charge in [-0.25, -0.2) is 4.98 Å². The van der Waals surface area contributed by atoms with Crippen molar-refractivity contribution in [3.8, 4) is 0 Å². The van der Waals surface area contributed by atoms with Crippen LogP contribution in [-0.2, 0) is 22.1 Å². The molecule has 0 saturated carbocycles. The fourth-order valence-electron chi connectivity index (χ4n) is 1.97. The largest absolute Gasteiger partial charge is 0.480 e. The van der Waals surface area contributed by atoms with E-state index in [1.807, 2.05) is 0 Å². The molecule has 21 heavy (non-hydrogen) atoms. The van der Waals surface area contributed by atoms with E-state index >= 15 is 0 Å². The number of aliphatic carboxylic acids is 1. The molecule has 1 atom stereocenters. The second-order valence-electron chi connectivity index (χ2n) is 4.52. The van der Waals surface area contributed by atoms with Crippen molar-refractivity contribution in [2.45, 2.75) is 18.7 Å². The van der Waals surface area contributed by atoms with Gasteiger partial charge >= 0.3 is 13.6 Å². The van der Waals surface area contributed by atoms with Gasteiger partial charge in [0.25, 0.3) is 0 Å². The van der Waals surface area contributed by atoms with E-state index in [4.69, 9.17) is 22.4 Å². The van der Waals surface area contributed by atoms with E-state index in [0.29, 0.717) is 11.0 Å². The molecular formula is C11H13ClN3O5P. The highest BCUT2D eigenvalue weighted by molar-refractivity contribution is 7.50. The minimum Gasteiger partial charge on any atom is -0.480 e. The molecule has 0 unspecified atom stereocenters. The lowest BCUT2D eigenvalue weighted by molar-refractivity contribution is -0.138. The number of nitrogens with zero attached hydrogens (tertiary/aromatic N) is 2. The van der Waals surface area contributed by atoms with Gasteiger partial charge in [0.05, 0.1) is 16.1 Å². The van der Waals surface area contributed by atoms with Crippen LogP contribution >= 0.6 is 19.2 Å². The van der Waals surface area contributed by atoms with Crippen molar-refractivity contribution >= 4 is 36.2 Å². The third kappa shape index (κ3) is 3.61. The number of carboxylic acids is 1. The van der Waals surface area contributed by atoms with E-state index in [0.717, 1.165) is 0 Å². The molecule has 0 aliphatic heterocycles. The molecule has 0 spiro atoms. The number of carboxylic acid groups (broad SMARTS) is 1. The molecule has 1 heterocycles. The first-order chi connectivity index (χ1) is 9.69. The highest BCUT2D eigenvalue weighted by atomic mass is 35.5. The van der Waals surface area contributed by atoms with Crippen LogP contribution in [0.25, 0.3) is 11.0 Å². The lowest BCUT2D eigenvalue weighted by Gasteiger charge is -2.12. The van der Waals surface area contributed by atoms with Gasteiger partial charge in [-0.1, -0.05) is 17.7 Å². The molecule has 2 aromatic rings. The van der Waals surface area contributed by atoms with Crippen LogP contribution < -0.4 is 5.73 Å². The van der Waals surface area contributed by atoms with Crippen LogP contribution in [0.5, 0.6) is 0 Å². The van der Waals surface area contributed by atoms with Gasteiger partial charge in [0.1, 0.15) is 18.2 Å². The molecule has 0 fully saturated rings. The predicted octanol–water partition coefficient (Wildman–Crippen LogP) is 0.779. The molecular weight excluding hydrogens is 321 g/mol. The zero-order valence-corrected chi connectivity index (χ0v) is 12.3. The summed E-state index contributed by atoms with van der Waals surface area (Å²) in [7, 11) is -4.40. The third-order valence-corrected chi connectivity index (χ3v) is 3.80. The summed E-state index contributed by atoms with van der Waals surface area (Å²) in [4.78, 5) is 33.4. The lowest BCUT2D eigenvalue weighted by atomic mass is 10.2. The first-order valence-electron chi connectivity index (χ1n) is 5.85. The highest BCUT2D eigenvalue weighted by Gasteiger charge is 2.24. The molecule has 0 saturated heterocycles. The maximum Gasteiger partial charge on any atom is 0.345 e. The summed E-state index contributed by atoms with van der Waals surface area (Å²) in [5.41, 5.74) is 6.22. The molecule has 0 bridgehead atoms. The normalized spacial score (nSPS) is 13.5. The fraction of sp³-hybridized carbons (Fsp3) is 0.273. The molecule has 10 heteroatoms. The molecule has 114 valence electrons. The average Bonchev–Trinajstić information content (AvgIpc) is 2.66. The second kappa shape index (κ2) is 5.75. The van der Waals surface area contributed by atoms with Gasteiger partial charge < -0.3 is 25.2 Å². The number of rotatable bonds is 5. The predicted molar refractivity (Wildman–Crippen MR) is 76.1 cm³/mol. The van der Waals surface area contributed by atoms with Crippen LogP contribution in [0.1, 0.15) is 5.82 Å². The summed E-state index contributed by atoms with van der Waals surface area (Å²) in [6, 6.07) is 3.59. The Morgan fingerprint density at radius 1 is 1.48 bits per heavy atom. The first kappa shape index (κ1) is 15.9. The van der Waals surface area contributed by atoms with E-state index in [9.17, 15) is 19.1 Å². The van der Waals surface area contributed by atoms with Gasteiger partial charge in [0.15, 0.2) is 0 Å². The molecule has 0 amide bonds. The number of fused-ring (bicyclic) bond motifs is 1. The summed E-state index contributed by atoms with van der Waals surface area (Å²) in [5, 5.41) is 9.12. The minimum absolute atomic E-state index is 0.163. The summed E-state index contributed by atoms with van der Waals surface area (Å²) in [5.74, 6) is -1.06. The third-order valence-electron chi connectivity index (χ3n) is 2.84. The summed E-state index contributed by atoms with van der Waals surface area (Å²) in [6.07, 6.45) is -0.810. The zero-order chi connectivity index (χ0) is 15.8. The number of hydrogen-bond acceptors (Lipinski definition) is 4. The molecule has 0 aliphatic carbocycles. The van der Waals surface area contributed by atoms with Crippen molar-refractivity contribution in [3.05, 3.63) is 29.0 Å². The van der Waals surface area contributed by atoms with E-state index in [-0.39, 0.29) is 17.3 Å². The van der Waals surface area contributed by atoms with Crippen molar-refractivity contribution in [1.29, 1.82) is 0 Å². The Bertz CT molecular complexity index is 741. The highest BCUT2D eigenvalue weighted by Crippen LogP contribution is 2.39. The zero-order valence-electron chi connectivity index (χ0n) is 10.7. The SMILES string of the molecule is N[C@H](Cc1nc2cccc(Cl)c2n1CP(=O)(O)O)C(=O)O. The maximum atomic E-state index is 11.3. The fourth-order valence-corrected chi connectivity index (χ4v) is 2.91. The smallest absolute Gasteiger partial charge is 0.345 e. The minimum atomic E-state index is -4.40. The van der Waals surface area contributed by atoms with Crippen LogP contribution in [-0.4, -0.2) is 36.5 Å². The topological polar surface area (TPSA) is 139 Å². The Labute approximate surface area is 124 Å². The Balaban J connectivity index is 2.58. The standard InChI is InChI=1S/C11H13ClN3O5P/c12-6-2-1-3-8-10(6)15(5-21(18,19)20)9(14-8)4-7(13)11(16)17/h1-3,7H,4-5,13H2,(H,16,17)(H2,18,19,20)/t7-/m1/s1. The van der Waals surface area contributed by atoms with Gasteiger partial charge in [-0.2, -0.15) is 0 Å². The van der Waals surface area contributed by atoms with E-state index in [1.54, 1.807) is 18.2 Å². The Morgan fingerprint density at radius 3 is 2.71 bits per heavy atom. The van der Waals surface area contributed by atoms with Crippen LogP contribution in [0, 0.1) is 0 Å². The number of imidazole rings is 1. The number of hydrogen-bond donors (Lipinski definition) is 4. The van der Waals surface area contributed by atoms with Gasteiger partial charge in [-0.15, -0.1) is 0 Å². The van der Waals surface area contributed by atoms with Crippen molar-refractivity contribution in [1.82, 2.24) is 9.55 Å². The van der Waals surface area contributed by atoms with Crippen LogP contribution in [0.4, 0.5) is 0 Å². The van der Waals surface area contributed by atoms with Crippen molar-refractivity contribution in [3.63, 3.8) is 0 Å².